The van der Waals surface area contributed by atoms with Gasteiger partial charge in [0.05, 0.1) is 36.7 Å². The number of nitrogens with one attached hydrogen (secondary N) is 1. The number of halogens is 1. The van der Waals surface area contributed by atoms with Gasteiger partial charge in [0.1, 0.15) is 5.92 Å². The van der Waals surface area contributed by atoms with E-state index < -0.39 is 12.1 Å². The summed E-state index contributed by atoms with van der Waals surface area (Å²) >= 11 is 6.40. The molecule has 2 atom stereocenters. The fraction of sp³-hybridized carbons (Fsp3) is 0.533. The Kier molecular flexibility index (Phi) is 4.42. The zero-order valence-electron chi connectivity index (χ0n) is 12.5. The molecule has 0 bridgehead atoms. The summed E-state index contributed by atoms with van der Waals surface area (Å²) in [5.74, 6) is -0.816. The smallest absolute Gasteiger partial charge is 0.316 e. The van der Waals surface area contributed by atoms with Crippen LogP contribution in [-0.2, 0) is 14.3 Å². The first-order valence-electron chi connectivity index (χ1n) is 7.46. The maximum Gasteiger partial charge on any atom is 0.316 e. The quantitative estimate of drug-likeness (QED) is 0.821. The van der Waals surface area contributed by atoms with E-state index in [1.807, 2.05) is 12.1 Å². The summed E-state index contributed by atoms with van der Waals surface area (Å²) in [5.41, 5.74) is 8.60. The molecule has 120 valence electrons. The van der Waals surface area contributed by atoms with E-state index >= 15 is 0 Å². The van der Waals surface area contributed by atoms with Crippen LogP contribution in [0.3, 0.4) is 0 Å². The third-order valence-corrected chi connectivity index (χ3v) is 4.33. The highest BCUT2D eigenvalue weighted by molar-refractivity contribution is 6.33. The molecule has 0 aliphatic carbocycles. The van der Waals surface area contributed by atoms with E-state index in [4.69, 9.17) is 26.8 Å². The number of hydrogen-bond acceptors (Lipinski definition) is 6. The van der Waals surface area contributed by atoms with Crippen LogP contribution in [0, 0.1) is 0 Å². The maximum absolute atomic E-state index is 12.2. The molecule has 0 aromatic heterocycles. The summed E-state index contributed by atoms with van der Waals surface area (Å²) in [7, 11) is 0. The second kappa shape index (κ2) is 6.32. The number of benzene rings is 1. The van der Waals surface area contributed by atoms with Crippen molar-refractivity contribution in [3.05, 3.63) is 22.7 Å². The third-order valence-electron chi connectivity index (χ3n) is 4.03. The van der Waals surface area contributed by atoms with Crippen molar-refractivity contribution in [2.45, 2.75) is 19.0 Å². The number of fused-ring (bicyclic) bond motifs is 1. The minimum Gasteiger partial charge on any atom is -0.465 e. The lowest BCUT2D eigenvalue weighted by molar-refractivity contribution is -0.145. The predicted octanol–water partition coefficient (Wildman–Crippen LogP) is 1.53. The van der Waals surface area contributed by atoms with Gasteiger partial charge in [-0.3, -0.25) is 4.79 Å². The molecule has 1 saturated heterocycles. The zero-order valence-corrected chi connectivity index (χ0v) is 13.2. The summed E-state index contributed by atoms with van der Waals surface area (Å²) in [6.45, 7) is 5.03. The molecular weight excluding hydrogens is 306 g/mol. The molecule has 1 aromatic rings. The Morgan fingerprint density at radius 1 is 1.50 bits per heavy atom. The molecule has 7 heteroatoms. The molecule has 1 aromatic carbocycles. The van der Waals surface area contributed by atoms with E-state index in [0.717, 1.165) is 30.0 Å². The summed E-state index contributed by atoms with van der Waals surface area (Å²) in [6.07, 6.45) is -0.495. The van der Waals surface area contributed by atoms with E-state index in [1.54, 1.807) is 6.92 Å². The fourth-order valence-corrected chi connectivity index (χ4v) is 3.25. The summed E-state index contributed by atoms with van der Waals surface area (Å²) in [6, 6.07) is 3.78. The molecule has 0 amide bonds. The Bertz CT molecular complexity index is 575. The average molecular weight is 326 g/mol. The van der Waals surface area contributed by atoms with Crippen LogP contribution in [0.1, 0.15) is 18.4 Å². The molecule has 0 spiro atoms. The number of rotatable bonds is 3. The van der Waals surface area contributed by atoms with Crippen LogP contribution in [0.25, 0.3) is 0 Å². The van der Waals surface area contributed by atoms with Crippen LogP contribution in [0.2, 0.25) is 5.02 Å². The number of ether oxygens (including phenoxy) is 2. The highest BCUT2D eigenvalue weighted by atomic mass is 35.5. The second-order valence-corrected chi connectivity index (χ2v) is 5.80. The van der Waals surface area contributed by atoms with Gasteiger partial charge in [0.2, 0.25) is 0 Å². The Morgan fingerprint density at radius 3 is 2.91 bits per heavy atom. The number of nitrogens with zero attached hydrogens (tertiary/aromatic N) is 1. The van der Waals surface area contributed by atoms with Gasteiger partial charge in [0, 0.05) is 18.8 Å². The van der Waals surface area contributed by atoms with Gasteiger partial charge in [0.25, 0.3) is 0 Å². The van der Waals surface area contributed by atoms with Crippen molar-refractivity contribution in [3.63, 3.8) is 0 Å². The van der Waals surface area contributed by atoms with Gasteiger partial charge in [0.15, 0.2) is 0 Å². The van der Waals surface area contributed by atoms with Crippen LogP contribution >= 0.6 is 11.6 Å². The first-order valence-corrected chi connectivity index (χ1v) is 7.84. The number of hydrogen-bond donors (Lipinski definition) is 2. The van der Waals surface area contributed by atoms with Crippen LogP contribution in [0.15, 0.2) is 12.1 Å². The van der Waals surface area contributed by atoms with Gasteiger partial charge >= 0.3 is 5.97 Å². The van der Waals surface area contributed by atoms with Gasteiger partial charge in [-0.25, -0.2) is 0 Å². The SMILES string of the molecule is CCOC(=O)C1c2cc(N3CCOCC3)c(Cl)cc2NC1N. The second-order valence-electron chi connectivity index (χ2n) is 5.39. The van der Waals surface area contributed by atoms with Crippen molar-refractivity contribution in [3.8, 4) is 0 Å². The lowest BCUT2D eigenvalue weighted by Gasteiger charge is -2.30. The molecule has 2 aliphatic rings. The molecule has 3 N–H and O–H groups in total. The normalized spacial score (nSPS) is 23.9. The van der Waals surface area contributed by atoms with Crippen LogP contribution in [0.5, 0.6) is 0 Å². The summed E-state index contributed by atoms with van der Waals surface area (Å²) < 4.78 is 10.5. The topological polar surface area (TPSA) is 76.8 Å². The highest BCUT2D eigenvalue weighted by Gasteiger charge is 2.37. The number of morpholine rings is 1. The van der Waals surface area contributed by atoms with Crippen molar-refractivity contribution in [2.24, 2.45) is 5.73 Å². The first-order chi connectivity index (χ1) is 10.6. The molecule has 2 aliphatic heterocycles. The molecular formula is C15H20ClN3O3. The Morgan fingerprint density at radius 2 is 2.23 bits per heavy atom. The van der Waals surface area contributed by atoms with E-state index in [0.29, 0.717) is 24.8 Å². The molecule has 6 nitrogen and oxygen atoms in total. The van der Waals surface area contributed by atoms with Crippen molar-refractivity contribution in [1.82, 2.24) is 0 Å². The van der Waals surface area contributed by atoms with E-state index in [-0.39, 0.29) is 5.97 Å². The summed E-state index contributed by atoms with van der Waals surface area (Å²) in [5, 5.41) is 3.75. The molecule has 22 heavy (non-hydrogen) atoms. The molecule has 0 saturated carbocycles. The van der Waals surface area contributed by atoms with Crippen molar-refractivity contribution in [1.29, 1.82) is 0 Å². The molecule has 3 rings (SSSR count). The number of nitrogens with two attached hydrogens (primary N) is 1. The van der Waals surface area contributed by atoms with Gasteiger partial charge in [-0.05, 0) is 24.6 Å². The van der Waals surface area contributed by atoms with Gasteiger partial charge in [-0.15, -0.1) is 0 Å². The number of anilines is 2. The standard InChI is InChI=1S/C15H20ClN3O3/c1-2-22-15(20)13-9-7-12(19-3-5-21-6-4-19)10(16)8-11(9)18-14(13)17/h7-8,13-14,18H,2-6,17H2,1H3. The third kappa shape index (κ3) is 2.74. The zero-order chi connectivity index (χ0) is 15.7. The minimum atomic E-state index is -0.507. The predicted molar refractivity (Wildman–Crippen MR) is 85.5 cm³/mol. The van der Waals surface area contributed by atoms with Crippen LogP contribution in [-0.4, -0.2) is 45.0 Å². The van der Waals surface area contributed by atoms with Crippen molar-refractivity contribution < 1.29 is 14.3 Å². The largest absolute Gasteiger partial charge is 0.465 e. The van der Waals surface area contributed by atoms with E-state index in [9.17, 15) is 4.79 Å². The monoisotopic (exact) mass is 325 g/mol. The van der Waals surface area contributed by atoms with Crippen molar-refractivity contribution in [2.75, 3.05) is 43.1 Å². The average Bonchev–Trinajstić information content (AvgIpc) is 2.82. The van der Waals surface area contributed by atoms with Crippen LogP contribution < -0.4 is 16.0 Å². The first kappa shape index (κ1) is 15.4. The van der Waals surface area contributed by atoms with Crippen LogP contribution in [0.4, 0.5) is 11.4 Å². The Hall–Kier alpha value is -1.50. The van der Waals surface area contributed by atoms with E-state index in [2.05, 4.69) is 10.2 Å². The van der Waals surface area contributed by atoms with Gasteiger partial charge in [-0.2, -0.15) is 0 Å². The van der Waals surface area contributed by atoms with Crippen molar-refractivity contribution >= 4 is 28.9 Å². The van der Waals surface area contributed by atoms with E-state index in [1.165, 1.54) is 0 Å². The molecule has 2 heterocycles. The Balaban J connectivity index is 1.95. The molecule has 0 radical (unpaired) electrons. The number of esters is 1. The highest BCUT2D eigenvalue weighted by Crippen LogP contribution is 2.41. The molecule has 1 fully saturated rings. The van der Waals surface area contributed by atoms with Gasteiger partial charge < -0.3 is 25.4 Å². The van der Waals surface area contributed by atoms with Gasteiger partial charge in [-0.1, -0.05) is 11.6 Å². The molecule has 2 unspecified atom stereocenters. The number of carbonyl (C=O) groups excluding carboxylic acids is 1. The Labute approximate surface area is 134 Å². The fourth-order valence-electron chi connectivity index (χ4n) is 2.97. The lowest BCUT2D eigenvalue weighted by atomic mass is 9.98. The summed E-state index contributed by atoms with van der Waals surface area (Å²) in [4.78, 5) is 14.3. The number of carbonyl (C=O) groups is 1. The lowest BCUT2D eigenvalue weighted by Crippen LogP contribution is -2.36. The minimum absolute atomic E-state index is 0.309. The maximum atomic E-state index is 12.2.